The molecule has 0 saturated carbocycles. The Balaban J connectivity index is 1.66. The second kappa shape index (κ2) is 9.98. The molecule has 0 aliphatic rings. The predicted molar refractivity (Wildman–Crippen MR) is 115 cm³/mol. The van der Waals surface area contributed by atoms with Gasteiger partial charge in [0.05, 0.1) is 19.3 Å². The number of amides is 1. The van der Waals surface area contributed by atoms with Gasteiger partial charge in [-0.05, 0) is 31.4 Å². The first-order valence-corrected chi connectivity index (χ1v) is 10.5. The Morgan fingerprint density at radius 3 is 2.53 bits per heavy atom. The van der Waals surface area contributed by atoms with Crippen LogP contribution in [0.3, 0.4) is 0 Å². The average molecular weight is 426 g/mol. The molecule has 1 heterocycles. The maximum absolute atomic E-state index is 12.6. The summed E-state index contributed by atoms with van der Waals surface area (Å²) in [7, 11) is 1.58. The van der Waals surface area contributed by atoms with E-state index < -0.39 is 18.5 Å². The van der Waals surface area contributed by atoms with E-state index in [-0.39, 0.29) is 11.7 Å². The lowest BCUT2D eigenvalue weighted by Gasteiger charge is -2.17. The lowest BCUT2D eigenvalue weighted by atomic mass is 10.1. The number of nitrogens with one attached hydrogen (secondary N) is 1. The minimum Gasteiger partial charge on any atom is -0.496 e. The number of benzene rings is 2. The van der Waals surface area contributed by atoms with Crippen LogP contribution in [0.4, 0.5) is 0 Å². The summed E-state index contributed by atoms with van der Waals surface area (Å²) >= 11 is 1.42. The zero-order valence-corrected chi connectivity index (χ0v) is 17.8. The number of imidazole rings is 1. The highest BCUT2D eigenvalue weighted by atomic mass is 32.2. The molecule has 0 aliphatic carbocycles. The van der Waals surface area contributed by atoms with Gasteiger partial charge in [0.1, 0.15) is 5.75 Å². The first-order chi connectivity index (χ1) is 14.5. The maximum atomic E-state index is 12.6. The van der Waals surface area contributed by atoms with Gasteiger partial charge in [-0.15, -0.1) is 0 Å². The van der Waals surface area contributed by atoms with Crippen LogP contribution < -0.4 is 10.1 Å². The SMILES string of the molecule is COc1ccccc1C(C)NC(=O)COC(=O)c1cnc(SC)n1-c1ccccc1. The number of para-hydroxylation sites is 2. The molecule has 0 spiro atoms. The van der Waals surface area contributed by atoms with E-state index in [1.807, 2.05) is 67.8 Å². The molecule has 0 saturated heterocycles. The third-order valence-electron chi connectivity index (χ3n) is 4.45. The highest BCUT2D eigenvalue weighted by Crippen LogP contribution is 2.24. The second-order valence-corrected chi connectivity index (χ2v) is 7.18. The lowest BCUT2D eigenvalue weighted by Crippen LogP contribution is -2.31. The van der Waals surface area contributed by atoms with Crippen LogP contribution in [0.1, 0.15) is 29.0 Å². The number of thioether (sulfide) groups is 1. The molecule has 7 nitrogen and oxygen atoms in total. The van der Waals surface area contributed by atoms with E-state index in [1.165, 1.54) is 18.0 Å². The Kier molecular flexibility index (Phi) is 7.13. The second-order valence-electron chi connectivity index (χ2n) is 6.41. The Hall–Kier alpha value is -3.26. The van der Waals surface area contributed by atoms with Crippen LogP contribution in [0.2, 0.25) is 0 Å². The Morgan fingerprint density at radius 2 is 1.83 bits per heavy atom. The van der Waals surface area contributed by atoms with Crippen LogP contribution in [0, 0.1) is 0 Å². The van der Waals surface area contributed by atoms with Gasteiger partial charge in [0.2, 0.25) is 0 Å². The average Bonchev–Trinajstić information content (AvgIpc) is 3.22. The number of hydrogen-bond donors (Lipinski definition) is 1. The summed E-state index contributed by atoms with van der Waals surface area (Å²) in [6, 6.07) is 16.5. The third-order valence-corrected chi connectivity index (χ3v) is 5.11. The highest BCUT2D eigenvalue weighted by Gasteiger charge is 2.20. The highest BCUT2D eigenvalue weighted by molar-refractivity contribution is 7.98. The van der Waals surface area contributed by atoms with Crippen LogP contribution in [0.15, 0.2) is 66.0 Å². The molecule has 0 fully saturated rings. The van der Waals surface area contributed by atoms with Crippen molar-refractivity contribution in [3.63, 3.8) is 0 Å². The third kappa shape index (κ3) is 4.83. The van der Waals surface area contributed by atoms with Gasteiger partial charge in [0, 0.05) is 11.3 Å². The molecule has 0 radical (unpaired) electrons. The summed E-state index contributed by atoms with van der Waals surface area (Å²) in [5.74, 6) is -0.344. The fourth-order valence-electron chi connectivity index (χ4n) is 3.04. The quantitative estimate of drug-likeness (QED) is 0.438. The Labute approximate surface area is 179 Å². The molecule has 1 aromatic heterocycles. The van der Waals surface area contributed by atoms with Crippen molar-refractivity contribution < 1.29 is 19.1 Å². The van der Waals surface area contributed by atoms with Gasteiger partial charge in [-0.3, -0.25) is 9.36 Å². The molecule has 0 aliphatic heterocycles. The summed E-state index contributed by atoms with van der Waals surface area (Å²) in [6.07, 6.45) is 3.33. The van der Waals surface area contributed by atoms with E-state index in [0.717, 1.165) is 11.3 Å². The van der Waals surface area contributed by atoms with Crippen LogP contribution in [-0.4, -0.2) is 41.4 Å². The number of aromatic nitrogens is 2. The van der Waals surface area contributed by atoms with E-state index in [1.54, 1.807) is 11.7 Å². The zero-order valence-electron chi connectivity index (χ0n) is 17.0. The minimum atomic E-state index is -0.619. The molecule has 30 heavy (non-hydrogen) atoms. The largest absolute Gasteiger partial charge is 0.496 e. The number of nitrogens with zero attached hydrogens (tertiary/aromatic N) is 2. The van der Waals surface area contributed by atoms with E-state index in [2.05, 4.69) is 10.3 Å². The van der Waals surface area contributed by atoms with Crippen molar-refractivity contribution >= 4 is 23.6 Å². The predicted octanol–water partition coefficient (Wildman–Crippen LogP) is 3.64. The van der Waals surface area contributed by atoms with Crippen LogP contribution in [0.25, 0.3) is 5.69 Å². The molecule has 156 valence electrons. The van der Waals surface area contributed by atoms with Gasteiger partial charge < -0.3 is 14.8 Å². The Morgan fingerprint density at radius 1 is 1.13 bits per heavy atom. The number of hydrogen-bond acceptors (Lipinski definition) is 6. The molecular formula is C22H23N3O4S. The van der Waals surface area contributed by atoms with Gasteiger partial charge >= 0.3 is 5.97 Å². The first-order valence-electron chi connectivity index (χ1n) is 9.31. The van der Waals surface area contributed by atoms with Gasteiger partial charge in [-0.2, -0.15) is 0 Å². The summed E-state index contributed by atoms with van der Waals surface area (Å²) in [6.45, 7) is 1.44. The molecule has 1 atom stereocenters. The molecule has 1 N–H and O–H groups in total. The van der Waals surface area contributed by atoms with Crippen LogP contribution >= 0.6 is 11.8 Å². The zero-order chi connectivity index (χ0) is 21.5. The molecule has 1 amide bonds. The number of methoxy groups -OCH3 is 1. The smallest absolute Gasteiger partial charge is 0.357 e. The summed E-state index contributed by atoms with van der Waals surface area (Å²) in [5, 5.41) is 3.47. The van der Waals surface area contributed by atoms with Crippen LogP contribution in [0.5, 0.6) is 5.75 Å². The topological polar surface area (TPSA) is 82.4 Å². The number of carbonyl (C=O) groups excluding carboxylic acids is 2. The van der Waals surface area contributed by atoms with Crippen LogP contribution in [-0.2, 0) is 9.53 Å². The van der Waals surface area contributed by atoms with Crippen molar-refractivity contribution in [3.05, 3.63) is 72.1 Å². The Bertz CT molecular complexity index is 1020. The first kappa shape index (κ1) is 21.4. The van der Waals surface area contributed by atoms with E-state index in [9.17, 15) is 9.59 Å². The fourth-order valence-corrected chi connectivity index (χ4v) is 3.58. The molecule has 3 rings (SSSR count). The number of ether oxygens (including phenoxy) is 2. The maximum Gasteiger partial charge on any atom is 0.357 e. The van der Waals surface area contributed by atoms with Gasteiger partial charge in [-0.1, -0.05) is 48.2 Å². The van der Waals surface area contributed by atoms with Crippen molar-refractivity contribution in [2.24, 2.45) is 0 Å². The van der Waals surface area contributed by atoms with Gasteiger partial charge in [0.25, 0.3) is 5.91 Å². The number of esters is 1. The molecule has 2 aromatic carbocycles. The summed E-state index contributed by atoms with van der Waals surface area (Å²) in [5.41, 5.74) is 1.89. The van der Waals surface area contributed by atoms with E-state index in [4.69, 9.17) is 9.47 Å². The van der Waals surface area contributed by atoms with Crippen molar-refractivity contribution in [3.8, 4) is 11.4 Å². The van der Waals surface area contributed by atoms with Crippen molar-refractivity contribution in [1.29, 1.82) is 0 Å². The number of rotatable bonds is 8. The minimum absolute atomic E-state index is 0.260. The van der Waals surface area contributed by atoms with Crippen molar-refractivity contribution in [2.75, 3.05) is 20.0 Å². The van der Waals surface area contributed by atoms with E-state index in [0.29, 0.717) is 10.9 Å². The van der Waals surface area contributed by atoms with Gasteiger partial charge in [-0.25, -0.2) is 9.78 Å². The van der Waals surface area contributed by atoms with Crippen molar-refractivity contribution in [2.45, 2.75) is 18.1 Å². The molecule has 8 heteroatoms. The molecular weight excluding hydrogens is 402 g/mol. The standard InChI is InChI=1S/C22H23N3O4S/c1-15(17-11-7-8-12-19(17)28-2)24-20(26)14-29-21(27)18-13-23-22(30-3)25(18)16-9-5-4-6-10-16/h4-13,15H,14H2,1-3H3,(H,24,26). The van der Waals surface area contributed by atoms with Crippen molar-refractivity contribution in [1.82, 2.24) is 14.9 Å². The monoisotopic (exact) mass is 425 g/mol. The molecule has 0 bridgehead atoms. The summed E-state index contributed by atoms with van der Waals surface area (Å²) in [4.78, 5) is 29.2. The molecule has 3 aromatic rings. The lowest BCUT2D eigenvalue weighted by molar-refractivity contribution is -0.124. The summed E-state index contributed by atoms with van der Waals surface area (Å²) < 4.78 is 12.3. The molecule has 1 unspecified atom stereocenters. The van der Waals surface area contributed by atoms with Gasteiger partial charge in [0.15, 0.2) is 17.5 Å². The van der Waals surface area contributed by atoms with E-state index >= 15 is 0 Å². The number of carbonyl (C=O) groups is 2. The normalized spacial score (nSPS) is 11.6. The fraction of sp³-hybridized carbons (Fsp3) is 0.227.